The van der Waals surface area contributed by atoms with Crippen LogP contribution in [0.15, 0.2) is 71.2 Å². The van der Waals surface area contributed by atoms with Crippen molar-refractivity contribution in [3.8, 4) is 11.5 Å². The zero-order valence-corrected chi connectivity index (χ0v) is 20.0. The third-order valence-corrected chi connectivity index (χ3v) is 5.93. The fraction of sp³-hybridized carbons (Fsp3) is 0.0800. The quantitative estimate of drug-likeness (QED) is 0.336. The van der Waals surface area contributed by atoms with E-state index < -0.39 is 17.7 Å². The number of fused-ring (bicyclic) bond motifs is 2. The van der Waals surface area contributed by atoms with Gasteiger partial charge in [-0.1, -0.05) is 34.1 Å². The van der Waals surface area contributed by atoms with Crippen LogP contribution in [-0.2, 0) is 9.59 Å². The maximum absolute atomic E-state index is 13.2. The van der Waals surface area contributed by atoms with Crippen LogP contribution in [0.2, 0.25) is 0 Å². The average Bonchev–Trinajstić information content (AvgIpc) is 3.44. The van der Waals surface area contributed by atoms with Crippen molar-refractivity contribution in [2.75, 3.05) is 22.9 Å². The summed E-state index contributed by atoms with van der Waals surface area (Å²) in [6.45, 7) is 1.97. The first-order valence-corrected chi connectivity index (χ1v) is 11.4. The second-order valence-electron chi connectivity index (χ2n) is 7.80. The van der Waals surface area contributed by atoms with Crippen molar-refractivity contribution in [3.05, 3.63) is 82.5 Å². The van der Waals surface area contributed by atoms with Gasteiger partial charge in [-0.15, -0.1) is 0 Å². The number of hydrogen-bond acceptors (Lipinski definition) is 5. The summed E-state index contributed by atoms with van der Waals surface area (Å²) in [6, 6.07) is 19.1. The number of para-hydroxylation sites is 1. The molecule has 0 fully saturated rings. The average molecular weight is 535 g/mol. The Kier molecular flexibility index (Phi) is 5.87. The smallest absolute Gasteiger partial charge is 0.328 e. The van der Waals surface area contributed by atoms with E-state index in [2.05, 4.69) is 32.0 Å². The number of anilines is 2. The molecule has 3 amide bonds. The second-order valence-corrected chi connectivity index (χ2v) is 8.72. The second kappa shape index (κ2) is 9.15. The minimum absolute atomic E-state index is 0.0946. The molecule has 0 radical (unpaired) electrons. The summed E-state index contributed by atoms with van der Waals surface area (Å²) in [7, 11) is 0. The fourth-order valence-electron chi connectivity index (χ4n) is 3.69. The maximum Gasteiger partial charge on any atom is 0.328 e. The summed E-state index contributed by atoms with van der Waals surface area (Å²) in [5.74, 6) is -1.27. The number of rotatable bonds is 4. The van der Waals surface area contributed by atoms with Crippen molar-refractivity contribution in [1.29, 1.82) is 0 Å². The zero-order valence-electron chi connectivity index (χ0n) is 18.4. The molecule has 5 rings (SSSR count). The van der Waals surface area contributed by atoms with Crippen LogP contribution in [0, 0.1) is 6.92 Å². The van der Waals surface area contributed by atoms with Gasteiger partial charge in [-0.3, -0.25) is 19.8 Å². The highest BCUT2D eigenvalue weighted by Crippen LogP contribution is 2.34. The number of carbonyl (C=O) groups is 3. The topological polar surface area (TPSA) is 111 Å². The molecule has 1 aromatic heterocycles. The Bertz CT molecular complexity index is 1500. The first-order valence-electron chi connectivity index (χ1n) is 10.6. The first kappa shape index (κ1) is 22.5. The monoisotopic (exact) mass is 534 g/mol. The lowest BCUT2D eigenvalue weighted by atomic mass is 10.2. The number of amides is 3. The highest BCUT2D eigenvalue weighted by atomic mass is 79.9. The van der Waals surface area contributed by atoms with Crippen molar-refractivity contribution < 1.29 is 23.9 Å². The van der Waals surface area contributed by atoms with E-state index in [-0.39, 0.29) is 12.5 Å². The molecule has 0 spiro atoms. The number of aromatic nitrogens is 1. The van der Waals surface area contributed by atoms with Gasteiger partial charge >= 0.3 is 11.8 Å². The van der Waals surface area contributed by atoms with E-state index in [1.807, 2.05) is 31.2 Å². The van der Waals surface area contributed by atoms with Gasteiger partial charge < -0.3 is 20.1 Å². The number of nitrogens with one attached hydrogen (secondary N) is 3. The highest BCUT2D eigenvalue weighted by Gasteiger charge is 2.22. The number of ether oxygens (including phenoxy) is 2. The van der Waals surface area contributed by atoms with Crippen molar-refractivity contribution in [1.82, 2.24) is 4.68 Å². The van der Waals surface area contributed by atoms with Crippen LogP contribution >= 0.6 is 15.9 Å². The molecular formula is C25H19BrN4O5. The number of benzene rings is 3. The summed E-state index contributed by atoms with van der Waals surface area (Å²) < 4.78 is 12.7. The van der Waals surface area contributed by atoms with E-state index in [1.54, 1.807) is 42.5 Å². The lowest BCUT2D eigenvalue weighted by Gasteiger charge is -2.13. The Morgan fingerprint density at radius 1 is 0.886 bits per heavy atom. The van der Waals surface area contributed by atoms with Crippen LogP contribution in [0.25, 0.3) is 10.9 Å². The minimum Gasteiger partial charge on any atom is -0.454 e. The lowest BCUT2D eigenvalue weighted by molar-refractivity contribution is -0.133. The van der Waals surface area contributed by atoms with Gasteiger partial charge in [0, 0.05) is 27.3 Å². The summed E-state index contributed by atoms with van der Waals surface area (Å²) in [6.07, 6.45) is 0. The van der Waals surface area contributed by atoms with Gasteiger partial charge in [0.1, 0.15) is 5.69 Å². The standard InChI is InChI=1S/C25H19BrN4O5/c1-14-4-2-3-5-18(14)28-23(31)20-11-15-10-16(26)6-8-19(15)30(20)29-25(33)24(32)27-17-7-9-21-22(12-17)35-13-34-21/h2-12H,13H2,1H3,(H,27,32)(H,28,31)(H,29,33). The normalized spacial score (nSPS) is 11.8. The van der Waals surface area contributed by atoms with Crippen LogP contribution in [0.3, 0.4) is 0 Å². The summed E-state index contributed by atoms with van der Waals surface area (Å²) in [5, 5.41) is 6.09. The predicted molar refractivity (Wildman–Crippen MR) is 134 cm³/mol. The Hall–Kier alpha value is -4.31. The number of halogens is 1. The zero-order chi connectivity index (χ0) is 24.5. The van der Waals surface area contributed by atoms with E-state index in [0.29, 0.717) is 33.8 Å². The van der Waals surface area contributed by atoms with Crippen LogP contribution in [0.1, 0.15) is 16.1 Å². The van der Waals surface area contributed by atoms with E-state index in [9.17, 15) is 14.4 Å². The molecule has 3 aromatic carbocycles. The van der Waals surface area contributed by atoms with Crippen LogP contribution in [0.4, 0.5) is 11.4 Å². The predicted octanol–water partition coefficient (Wildman–Crippen LogP) is 4.40. The molecule has 1 aliphatic rings. The van der Waals surface area contributed by atoms with E-state index in [4.69, 9.17) is 9.47 Å². The van der Waals surface area contributed by atoms with Gasteiger partial charge in [-0.2, -0.15) is 0 Å². The molecule has 2 heterocycles. The van der Waals surface area contributed by atoms with Crippen LogP contribution in [0.5, 0.6) is 11.5 Å². The molecule has 10 heteroatoms. The van der Waals surface area contributed by atoms with Gasteiger partial charge in [0.15, 0.2) is 11.5 Å². The fourth-order valence-corrected chi connectivity index (χ4v) is 4.07. The number of aryl methyl sites for hydroxylation is 1. The number of hydrogen-bond donors (Lipinski definition) is 3. The Morgan fingerprint density at radius 2 is 1.69 bits per heavy atom. The minimum atomic E-state index is -0.951. The molecule has 1 aliphatic heterocycles. The largest absolute Gasteiger partial charge is 0.454 e. The highest BCUT2D eigenvalue weighted by molar-refractivity contribution is 9.10. The summed E-state index contributed by atoms with van der Waals surface area (Å²) in [4.78, 5) is 38.6. The number of carbonyl (C=O) groups excluding carboxylic acids is 3. The Balaban J connectivity index is 1.41. The summed E-state index contributed by atoms with van der Waals surface area (Å²) in [5.41, 5.74) is 5.14. The van der Waals surface area contributed by atoms with Crippen molar-refractivity contribution >= 4 is 55.9 Å². The van der Waals surface area contributed by atoms with Crippen molar-refractivity contribution in [3.63, 3.8) is 0 Å². The molecule has 0 saturated carbocycles. The van der Waals surface area contributed by atoms with Gasteiger partial charge in [0.05, 0.1) is 5.52 Å². The molecule has 3 N–H and O–H groups in total. The van der Waals surface area contributed by atoms with Crippen LogP contribution in [-0.4, -0.2) is 29.2 Å². The van der Waals surface area contributed by atoms with Crippen molar-refractivity contribution in [2.45, 2.75) is 6.92 Å². The van der Waals surface area contributed by atoms with E-state index in [0.717, 1.165) is 10.0 Å². The molecule has 4 aromatic rings. The summed E-state index contributed by atoms with van der Waals surface area (Å²) >= 11 is 3.42. The molecule has 0 atom stereocenters. The molecule has 9 nitrogen and oxygen atoms in total. The maximum atomic E-state index is 13.2. The van der Waals surface area contributed by atoms with E-state index in [1.165, 1.54) is 4.68 Å². The van der Waals surface area contributed by atoms with Gasteiger partial charge in [-0.25, -0.2) is 4.68 Å². The third kappa shape index (κ3) is 4.56. The van der Waals surface area contributed by atoms with Crippen LogP contribution < -0.4 is 25.5 Å². The molecule has 0 bridgehead atoms. The molecule has 35 heavy (non-hydrogen) atoms. The molecule has 176 valence electrons. The molecule has 0 unspecified atom stereocenters. The Labute approximate surface area is 208 Å². The first-order chi connectivity index (χ1) is 16.9. The van der Waals surface area contributed by atoms with Gasteiger partial charge in [0.25, 0.3) is 5.91 Å². The van der Waals surface area contributed by atoms with Gasteiger partial charge in [-0.05, 0) is 55.0 Å². The number of nitrogens with zero attached hydrogens (tertiary/aromatic N) is 1. The lowest BCUT2D eigenvalue weighted by Crippen LogP contribution is -2.36. The Morgan fingerprint density at radius 3 is 2.51 bits per heavy atom. The van der Waals surface area contributed by atoms with E-state index >= 15 is 0 Å². The van der Waals surface area contributed by atoms with Gasteiger partial charge in [0.2, 0.25) is 6.79 Å². The van der Waals surface area contributed by atoms with Crippen molar-refractivity contribution in [2.24, 2.45) is 0 Å². The third-order valence-electron chi connectivity index (χ3n) is 5.44. The SMILES string of the molecule is Cc1ccccc1NC(=O)c1cc2cc(Br)ccc2n1NC(=O)C(=O)Nc1ccc2c(c1)OCO2. The molecule has 0 saturated heterocycles. The molecular weight excluding hydrogens is 516 g/mol. The molecule has 0 aliphatic carbocycles.